The molecule has 2 aromatic rings. The fourth-order valence-electron chi connectivity index (χ4n) is 3.90. The first-order chi connectivity index (χ1) is 13.6. The van der Waals surface area contributed by atoms with E-state index in [9.17, 15) is 4.79 Å². The maximum absolute atomic E-state index is 12.4. The summed E-state index contributed by atoms with van der Waals surface area (Å²) in [7, 11) is 3.80. The van der Waals surface area contributed by atoms with Gasteiger partial charge in [-0.05, 0) is 42.3 Å². The van der Waals surface area contributed by atoms with Crippen molar-refractivity contribution < 1.29 is 9.53 Å². The Labute approximate surface area is 167 Å². The number of methoxy groups -OCH3 is 1. The SMILES string of the molecule is COc1cccc(-c2ccc([C@H]3C[C@@H]3NCC(=O)N3CCN(C)CC3)cc2)c1. The van der Waals surface area contributed by atoms with Crippen LogP contribution in [0.1, 0.15) is 17.9 Å². The predicted molar refractivity (Wildman–Crippen MR) is 112 cm³/mol. The molecule has 5 heteroatoms. The topological polar surface area (TPSA) is 44.8 Å². The monoisotopic (exact) mass is 379 g/mol. The quantitative estimate of drug-likeness (QED) is 0.838. The van der Waals surface area contributed by atoms with E-state index in [0.717, 1.165) is 43.9 Å². The number of nitrogens with zero attached hydrogens (tertiary/aromatic N) is 2. The Kier molecular flexibility index (Phi) is 5.64. The van der Waals surface area contributed by atoms with Crippen molar-refractivity contribution in [3.8, 4) is 16.9 Å². The van der Waals surface area contributed by atoms with Gasteiger partial charge < -0.3 is 19.9 Å². The van der Waals surface area contributed by atoms with Gasteiger partial charge in [0.2, 0.25) is 5.91 Å². The molecule has 1 saturated carbocycles. The third kappa shape index (κ3) is 4.37. The van der Waals surface area contributed by atoms with Crippen LogP contribution in [0.5, 0.6) is 5.75 Å². The minimum absolute atomic E-state index is 0.229. The molecular formula is C23H29N3O2. The van der Waals surface area contributed by atoms with E-state index in [1.807, 2.05) is 17.0 Å². The van der Waals surface area contributed by atoms with Crippen molar-refractivity contribution >= 4 is 5.91 Å². The molecule has 0 spiro atoms. The van der Waals surface area contributed by atoms with E-state index >= 15 is 0 Å². The molecule has 1 amide bonds. The normalized spacial score (nSPS) is 22.1. The zero-order valence-electron chi connectivity index (χ0n) is 16.7. The molecule has 0 radical (unpaired) electrons. The highest BCUT2D eigenvalue weighted by Gasteiger charge is 2.38. The van der Waals surface area contributed by atoms with E-state index in [2.05, 4.69) is 53.7 Å². The number of ether oxygens (including phenoxy) is 1. The van der Waals surface area contributed by atoms with Gasteiger partial charge in [0.1, 0.15) is 5.75 Å². The number of nitrogens with one attached hydrogen (secondary N) is 1. The van der Waals surface area contributed by atoms with E-state index in [4.69, 9.17) is 4.74 Å². The smallest absolute Gasteiger partial charge is 0.236 e. The lowest BCUT2D eigenvalue weighted by Crippen LogP contribution is -2.49. The van der Waals surface area contributed by atoms with Crippen LogP contribution in [0, 0.1) is 0 Å². The number of benzene rings is 2. The summed E-state index contributed by atoms with van der Waals surface area (Å²) in [5.74, 6) is 1.62. The molecule has 2 atom stereocenters. The van der Waals surface area contributed by atoms with Gasteiger partial charge in [-0.15, -0.1) is 0 Å². The number of likely N-dealkylation sites (N-methyl/N-ethyl adjacent to an activating group) is 1. The van der Waals surface area contributed by atoms with Crippen molar-refractivity contribution in [3.05, 3.63) is 54.1 Å². The molecule has 2 fully saturated rings. The van der Waals surface area contributed by atoms with Gasteiger partial charge in [0.25, 0.3) is 0 Å². The number of carbonyl (C=O) groups is 1. The zero-order valence-corrected chi connectivity index (χ0v) is 16.7. The van der Waals surface area contributed by atoms with E-state index < -0.39 is 0 Å². The lowest BCUT2D eigenvalue weighted by atomic mass is 10.0. The minimum Gasteiger partial charge on any atom is -0.497 e. The molecule has 2 aromatic carbocycles. The average molecular weight is 380 g/mol. The largest absolute Gasteiger partial charge is 0.497 e. The van der Waals surface area contributed by atoms with Crippen LogP contribution in [0.3, 0.4) is 0 Å². The molecule has 1 heterocycles. The van der Waals surface area contributed by atoms with Gasteiger partial charge in [-0.3, -0.25) is 4.79 Å². The number of carbonyl (C=O) groups excluding carboxylic acids is 1. The molecule has 1 aliphatic carbocycles. The number of hydrogen-bond acceptors (Lipinski definition) is 4. The second-order valence-corrected chi connectivity index (χ2v) is 7.87. The molecule has 2 aliphatic rings. The van der Waals surface area contributed by atoms with Crippen molar-refractivity contribution in [2.45, 2.75) is 18.4 Å². The highest BCUT2D eigenvalue weighted by atomic mass is 16.5. The Balaban J connectivity index is 1.28. The lowest BCUT2D eigenvalue weighted by Gasteiger charge is -2.32. The molecule has 1 saturated heterocycles. The zero-order chi connectivity index (χ0) is 19.5. The summed E-state index contributed by atoms with van der Waals surface area (Å²) in [6.07, 6.45) is 1.11. The second kappa shape index (κ2) is 8.33. The van der Waals surface area contributed by atoms with Gasteiger partial charge in [0, 0.05) is 38.1 Å². The maximum atomic E-state index is 12.4. The standard InChI is InChI=1S/C23H29N3O2/c1-25-10-12-26(13-11-25)23(27)16-24-22-15-21(22)18-8-6-17(7-9-18)19-4-3-5-20(14-19)28-2/h3-9,14,21-22,24H,10-13,15-16H2,1-2H3/t21-,22+/m1/s1. The second-order valence-electron chi connectivity index (χ2n) is 7.87. The van der Waals surface area contributed by atoms with Crippen LogP contribution in [-0.2, 0) is 4.79 Å². The molecule has 1 aliphatic heterocycles. The summed E-state index contributed by atoms with van der Waals surface area (Å²) in [5.41, 5.74) is 3.70. The Morgan fingerprint density at radius 1 is 1.07 bits per heavy atom. The molecular weight excluding hydrogens is 350 g/mol. The van der Waals surface area contributed by atoms with Gasteiger partial charge >= 0.3 is 0 Å². The molecule has 148 valence electrons. The van der Waals surface area contributed by atoms with Crippen LogP contribution >= 0.6 is 0 Å². The fourth-order valence-corrected chi connectivity index (χ4v) is 3.90. The summed E-state index contributed by atoms with van der Waals surface area (Å²) < 4.78 is 5.32. The first kappa shape index (κ1) is 19.0. The van der Waals surface area contributed by atoms with Gasteiger partial charge in [-0.1, -0.05) is 36.4 Å². The van der Waals surface area contributed by atoms with Gasteiger partial charge in [-0.2, -0.15) is 0 Å². The highest BCUT2D eigenvalue weighted by molar-refractivity contribution is 5.78. The molecule has 0 bridgehead atoms. The first-order valence-corrected chi connectivity index (χ1v) is 10.1. The highest BCUT2D eigenvalue weighted by Crippen LogP contribution is 2.41. The van der Waals surface area contributed by atoms with Crippen molar-refractivity contribution in [1.82, 2.24) is 15.1 Å². The molecule has 5 nitrogen and oxygen atoms in total. The summed E-state index contributed by atoms with van der Waals surface area (Å²) in [6, 6.07) is 17.3. The van der Waals surface area contributed by atoms with Crippen LogP contribution in [0.2, 0.25) is 0 Å². The van der Waals surface area contributed by atoms with Crippen LogP contribution in [0.4, 0.5) is 0 Å². The Hall–Kier alpha value is -2.37. The van der Waals surface area contributed by atoms with E-state index in [1.165, 1.54) is 11.1 Å². The summed E-state index contributed by atoms with van der Waals surface area (Å²) >= 11 is 0. The Morgan fingerprint density at radius 3 is 2.54 bits per heavy atom. The Bertz CT molecular complexity index is 813. The van der Waals surface area contributed by atoms with Gasteiger partial charge in [-0.25, -0.2) is 0 Å². The van der Waals surface area contributed by atoms with Gasteiger partial charge in [0.05, 0.1) is 13.7 Å². The third-order valence-corrected chi connectivity index (χ3v) is 5.90. The number of amides is 1. The molecule has 0 aromatic heterocycles. The number of hydrogen-bond donors (Lipinski definition) is 1. The number of piperazine rings is 1. The molecule has 0 unspecified atom stereocenters. The molecule has 28 heavy (non-hydrogen) atoms. The summed E-state index contributed by atoms with van der Waals surface area (Å²) in [6.45, 7) is 4.08. The average Bonchev–Trinajstić information content (AvgIpc) is 3.52. The maximum Gasteiger partial charge on any atom is 0.236 e. The third-order valence-electron chi connectivity index (χ3n) is 5.90. The van der Waals surface area contributed by atoms with Crippen molar-refractivity contribution in [1.29, 1.82) is 0 Å². The number of rotatable bonds is 6. The summed E-state index contributed by atoms with van der Waals surface area (Å²) in [4.78, 5) is 16.6. The van der Waals surface area contributed by atoms with Crippen LogP contribution in [0.25, 0.3) is 11.1 Å². The Morgan fingerprint density at radius 2 is 1.82 bits per heavy atom. The van der Waals surface area contributed by atoms with E-state index in [1.54, 1.807) is 7.11 Å². The lowest BCUT2D eigenvalue weighted by molar-refractivity contribution is -0.131. The van der Waals surface area contributed by atoms with Crippen molar-refractivity contribution in [3.63, 3.8) is 0 Å². The predicted octanol–water partition coefficient (Wildman–Crippen LogP) is 2.58. The van der Waals surface area contributed by atoms with E-state index in [-0.39, 0.29) is 5.91 Å². The van der Waals surface area contributed by atoms with Crippen molar-refractivity contribution in [2.24, 2.45) is 0 Å². The summed E-state index contributed by atoms with van der Waals surface area (Å²) in [5, 5.41) is 3.45. The minimum atomic E-state index is 0.229. The van der Waals surface area contributed by atoms with Gasteiger partial charge in [0.15, 0.2) is 0 Å². The van der Waals surface area contributed by atoms with Crippen molar-refractivity contribution in [2.75, 3.05) is 46.9 Å². The molecule has 1 N–H and O–H groups in total. The van der Waals surface area contributed by atoms with Crippen LogP contribution < -0.4 is 10.1 Å². The van der Waals surface area contributed by atoms with Crippen LogP contribution in [0.15, 0.2) is 48.5 Å². The van der Waals surface area contributed by atoms with Crippen LogP contribution in [-0.4, -0.2) is 68.6 Å². The first-order valence-electron chi connectivity index (χ1n) is 10.1. The van der Waals surface area contributed by atoms with E-state index in [0.29, 0.717) is 18.5 Å². The molecule has 4 rings (SSSR count). The fraction of sp³-hybridized carbons (Fsp3) is 0.435.